The normalized spacial score (nSPS) is 22.1. The molecule has 4 nitrogen and oxygen atoms in total. The van der Waals surface area contributed by atoms with Crippen molar-refractivity contribution in [1.82, 2.24) is 4.90 Å². The van der Waals surface area contributed by atoms with E-state index < -0.39 is 5.97 Å². The lowest BCUT2D eigenvalue weighted by Crippen LogP contribution is -2.20. The molecule has 1 unspecified atom stereocenters. The molecule has 0 spiro atoms. The van der Waals surface area contributed by atoms with E-state index in [1.165, 1.54) is 12.7 Å². The molecule has 2 heterocycles. The Morgan fingerprint density at radius 2 is 2.53 bits per heavy atom. The van der Waals surface area contributed by atoms with Gasteiger partial charge in [-0.1, -0.05) is 6.92 Å². The lowest BCUT2D eigenvalue weighted by molar-refractivity contribution is 0.0659. The van der Waals surface area contributed by atoms with E-state index in [1.807, 2.05) is 0 Å². The second-order valence-corrected chi connectivity index (χ2v) is 4.21. The Hall–Kier alpha value is -1.29. The van der Waals surface area contributed by atoms with Crippen molar-refractivity contribution in [3.8, 4) is 0 Å². The van der Waals surface area contributed by atoms with Crippen LogP contribution in [-0.4, -0.2) is 29.1 Å². The van der Waals surface area contributed by atoms with E-state index in [0.29, 0.717) is 12.5 Å². The molecule has 0 aromatic carbocycles. The van der Waals surface area contributed by atoms with Gasteiger partial charge in [0.05, 0.1) is 6.26 Å². The van der Waals surface area contributed by atoms with Crippen molar-refractivity contribution in [2.45, 2.75) is 19.9 Å². The topological polar surface area (TPSA) is 53.7 Å². The average Bonchev–Trinajstić information content (AvgIpc) is 2.75. The number of likely N-dealkylation sites (tertiary alicyclic amines) is 1. The molecule has 82 valence electrons. The van der Waals surface area contributed by atoms with Gasteiger partial charge in [-0.2, -0.15) is 0 Å². The lowest BCUT2D eigenvalue weighted by atomic mass is 10.2. The third kappa shape index (κ3) is 2.21. The van der Waals surface area contributed by atoms with E-state index in [4.69, 9.17) is 9.52 Å². The zero-order valence-corrected chi connectivity index (χ0v) is 8.77. The maximum Gasteiger partial charge on any atom is 0.372 e. The van der Waals surface area contributed by atoms with Crippen molar-refractivity contribution in [2.75, 3.05) is 13.1 Å². The van der Waals surface area contributed by atoms with Gasteiger partial charge >= 0.3 is 5.97 Å². The van der Waals surface area contributed by atoms with Crippen LogP contribution in [-0.2, 0) is 6.54 Å². The molecule has 1 N–H and O–H groups in total. The summed E-state index contributed by atoms with van der Waals surface area (Å²) in [5.41, 5.74) is 0.775. The highest BCUT2D eigenvalue weighted by Crippen LogP contribution is 2.20. The van der Waals surface area contributed by atoms with Gasteiger partial charge in [0.15, 0.2) is 0 Å². The van der Waals surface area contributed by atoms with Crippen LogP contribution in [0.5, 0.6) is 0 Å². The average molecular weight is 209 g/mol. The fraction of sp³-hybridized carbons (Fsp3) is 0.545. The largest absolute Gasteiger partial charge is 0.475 e. The predicted octanol–water partition coefficient (Wildman–Crippen LogP) is 1.82. The summed E-state index contributed by atoms with van der Waals surface area (Å²) in [6.07, 6.45) is 2.64. The molecular weight excluding hydrogens is 194 g/mol. The molecule has 2 rings (SSSR count). The molecular formula is C11H15NO3. The van der Waals surface area contributed by atoms with E-state index in [9.17, 15) is 4.79 Å². The molecule has 15 heavy (non-hydrogen) atoms. The summed E-state index contributed by atoms with van der Waals surface area (Å²) in [6.45, 7) is 4.99. The monoisotopic (exact) mass is 209 g/mol. The number of rotatable bonds is 3. The van der Waals surface area contributed by atoms with Gasteiger partial charge in [0.2, 0.25) is 5.76 Å². The van der Waals surface area contributed by atoms with Crippen molar-refractivity contribution in [3.63, 3.8) is 0 Å². The Bertz CT molecular complexity index is 358. The molecule has 0 saturated carbocycles. The van der Waals surface area contributed by atoms with Gasteiger partial charge in [0, 0.05) is 18.7 Å². The van der Waals surface area contributed by atoms with Crippen molar-refractivity contribution in [2.24, 2.45) is 5.92 Å². The fourth-order valence-electron chi connectivity index (χ4n) is 2.06. The van der Waals surface area contributed by atoms with Crippen molar-refractivity contribution in [1.29, 1.82) is 0 Å². The first kappa shape index (κ1) is 10.2. The SMILES string of the molecule is CC1CCN(Cc2ccoc2C(=O)O)C1. The van der Waals surface area contributed by atoms with Gasteiger partial charge in [0.25, 0.3) is 0 Å². The minimum Gasteiger partial charge on any atom is -0.475 e. The van der Waals surface area contributed by atoms with Crippen LogP contribution in [0.2, 0.25) is 0 Å². The molecule has 1 fully saturated rings. The Kier molecular flexibility index (Phi) is 2.77. The Morgan fingerprint density at radius 1 is 1.73 bits per heavy atom. The first-order valence-electron chi connectivity index (χ1n) is 5.19. The highest BCUT2D eigenvalue weighted by Gasteiger charge is 2.22. The predicted molar refractivity (Wildman–Crippen MR) is 54.7 cm³/mol. The number of aromatic carboxylic acids is 1. The van der Waals surface area contributed by atoms with Crippen molar-refractivity contribution >= 4 is 5.97 Å². The number of nitrogens with zero attached hydrogens (tertiary/aromatic N) is 1. The molecule has 1 atom stereocenters. The molecule has 4 heteroatoms. The third-order valence-electron chi connectivity index (χ3n) is 2.84. The lowest BCUT2D eigenvalue weighted by Gasteiger charge is -2.13. The van der Waals surface area contributed by atoms with Gasteiger partial charge in [-0.3, -0.25) is 4.90 Å². The van der Waals surface area contributed by atoms with E-state index in [0.717, 1.165) is 18.7 Å². The standard InChI is InChI=1S/C11H15NO3/c1-8-2-4-12(6-8)7-9-3-5-15-10(9)11(13)14/h3,5,8H,2,4,6-7H2,1H3,(H,13,14). The molecule has 1 aliphatic heterocycles. The first-order valence-corrected chi connectivity index (χ1v) is 5.19. The first-order chi connectivity index (χ1) is 7.16. The molecule has 1 aromatic rings. The van der Waals surface area contributed by atoms with Crippen molar-refractivity contribution < 1.29 is 14.3 Å². The number of carbonyl (C=O) groups is 1. The van der Waals surface area contributed by atoms with Gasteiger partial charge in [-0.25, -0.2) is 4.79 Å². The Balaban J connectivity index is 2.04. The minimum absolute atomic E-state index is 0.0783. The second kappa shape index (κ2) is 4.06. The summed E-state index contributed by atoms with van der Waals surface area (Å²) in [5.74, 6) is -0.193. The van der Waals surface area contributed by atoms with Crippen LogP contribution in [0.1, 0.15) is 29.5 Å². The van der Waals surface area contributed by atoms with Crippen LogP contribution in [0.25, 0.3) is 0 Å². The van der Waals surface area contributed by atoms with Gasteiger partial charge < -0.3 is 9.52 Å². The van der Waals surface area contributed by atoms with Crippen LogP contribution in [0.15, 0.2) is 16.7 Å². The molecule has 0 bridgehead atoms. The number of carboxylic acid groups (broad SMARTS) is 1. The molecule has 0 radical (unpaired) electrons. The van der Waals surface area contributed by atoms with E-state index in [1.54, 1.807) is 6.07 Å². The van der Waals surface area contributed by atoms with Crippen LogP contribution in [0, 0.1) is 5.92 Å². The minimum atomic E-state index is -0.984. The van der Waals surface area contributed by atoms with Gasteiger partial charge in [-0.05, 0) is 24.9 Å². The van der Waals surface area contributed by atoms with E-state index in [2.05, 4.69) is 11.8 Å². The summed E-state index contributed by atoms with van der Waals surface area (Å²) in [7, 11) is 0. The quantitative estimate of drug-likeness (QED) is 0.825. The number of hydrogen-bond donors (Lipinski definition) is 1. The maximum atomic E-state index is 10.8. The third-order valence-corrected chi connectivity index (χ3v) is 2.84. The fourth-order valence-corrected chi connectivity index (χ4v) is 2.06. The molecule has 0 amide bonds. The zero-order chi connectivity index (χ0) is 10.8. The van der Waals surface area contributed by atoms with Gasteiger partial charge in [0.1, 0.15) is 0 Å². The Labute approximate surface area is 88.5 Å². The zero-order valence-electron chi connectivity index (χ0n) is 8.77. The summed E-state index contributed by atoms with van der Waals surface area (Å²) >= 11 is 0. The second-order valence-electron chi connectivity index (χ2n) is 4.21. The van der Waals surface area contributed by atoms with Crippen LogP contribution in [0.4, 0.5) is 0 Å². The molecule has 1 saturated heterocycles. The summed E-state index contributed by atoms with van der Waals surface area (Å²) in [5, 5.41) is 8.87. The highest BCUT2D eigenvalue weighted by molar-refractivity contribution is 5.86. The summed E-state index contributed by atoms with van der Waals surface area (Å²) in [4.78, 5) is 13.1. The smallest absolute Gasteiger partial charge is 0.372 e. The Morgan fingerprint density at radius 3 is 3.13 bits per heavy atom. The highest BCUT2D eigenvalue weighted by atomic mass is 16.4. The number of carboxylic acids is 1. The van der Waals surface area contributed by atoms with Crippen LogP contribution in [0.3, 0.4) is 0 Å². The number of furan rings is 1. The summed E-state index contributed by atoms with van der Waals surface area (Å²) < 4.78 is 4.94. The number of hydrogen-bond acceptors (Lipinski definition) is 3. The van der Waals surface area contributed by atoms with Gasteiger partial charge in [-0.15, -0.1) is 0 Å². The van der Waals surface area contributed by atoms with Crippen LogP contribution < -0.4 is 0 Å². The maximum absolute atomic E-state index is 10.8. The molecule has 1 aromatic heterocycles. The van der Waals surface area contributed by atoms with Crippen LogP contribution >= 0.6 is 0 Å². The van der Waals surface area contributed by atoms with E-state index in [-0.39, 0.29) is 5.76 Å². The molecule has 0 aliphatic carbocycles. The summed E-state index contributed by atoms with van der Waals surface area (Å²) in [6, 6.07) is 1.74. The van der Waals surface area contributed by atoms with Crippen molar-refractivity contribution in [3.05, 3.63) is 23.7 Å². The van der Waals surface area contributed by atoms with E-state index >= 15 is 0 Å². The molecule has 1 aliphatic rings.